The molecule has 1 aromatic carbocycles. The van der Waals surface area contributed by atoms with E-state index in [4.69, 9.17) is 11.6 Å². The summed E-state index contributed by atoms with van der Waals surface area (Å²) in [6.45, 7) is 4.13. The van der Waals surface area contributed by atoms with Gasteiger partial charge in [0, 0.05) is 17.9 Å². The van der Waals surface area contributed by atoms with Crippen molar-refractivity contribution in [3.63, 3.8) is 0 Å². The largest absolute Gasteiger partial charge is 0.300 e. The first-order valence-corrected chi connectivity index (χ1v) is 5.72. The van der Waals surface area contributed by atoms with Gasteiger partial charge in [-0.25, -0.2) is 0 Å². The van der Waals surface area contributed by atoms with Gasteiger partial charge in [0.15, 0.2) is 0 Å². The van der Waals surface area contributed by atoms with Gasteiger partial charge in [0.1, 0.15) is 5.78 Å². The van der Waals surface area contributed by atoms with Crippen LogP contribution in [0.1, 0.15) is 32.3 Å². The Labute approximate surface area is 96.5 Å². The Bertz CT molecular complexity index is 331. The zero-order valence-electron chi connectivity index (χ0n) is 9.29. The lowest BCUT2D eigenvalue weighted by atomic mass is 10.0. The van der Waals surface area contributed by atoms with Crippen molar-refractivity contribution in [3.8, 4) is 0 Å². The molecule has 0 saturated heterocycles. The molecule has 0 aromatic heterocycles. The first-order valence-electron chi connectivity index (χ1n) is 5.34. The van der Waals surface area contributed by atoms with Crippen LogP contribution in [0.4, 0.5) is 0 Å². The third kappa shape index (κ3) is 4.98. The zero-order chi connectivity index (χ0) is 11.3. The average Bonchev–Trinajstić information content (AvgIpc) is 2.14. The van der Waals surface area contributed by atoms with Crippen molar-refractivity contribution < 1.29 is 4.79 Å². The van der Waals surface area contributed by atoms with Gasteiger partial charge in [0.25, 0.3) is 0 Å². The molecule has 2 heteroatoms. The van der Waals surface area contributed by atoms with Gasteiger partial charge in [-0.3, -0.25) is 4.79 Å². The molecule has 0 aliphatic rings. The number of carbonyl (C=O) groups excluding carboxylic acids is 1. The maximum absolute atomic E-state index is 11.5. The molecule has 0 amide bonds. The quantitative estimate of drug-likeness (QED) is 0.742. The molecule has 0 aliphatic heterocycles. The predicted octanol–water partition coefficient (Wildman–Crippen LogP) is 3.89. The van der Waals surface area contributed by atoms with E-state index in [0.29, 0.717) is 24.5 Å². The van der Waals surface area contributed by atoms with Crippen LogP contribution in [-0.2, 0) is 11.2 Å². The highest BCUT2D eigenvalue weighted by Crippen LogP contribution is 2.13. The van der Waals surface area contributed by atoms with E-state index >= 15 is 0 Å². The van der Waals surface area contributed by atoms with E-state index in [9.17, 15) is 4.79 Å². The molecule has 82 valence electrons. The van der Waals surface area contributed by atoms with Gasteiger partial charge in [-0.2, -0.15) is 0 Å². The predicted molar refractivity (Wildman–Crippen MR) is 64.2 cm³/mol. The summed E-state index contributed by atoms with van der Waals surface area (Å²) in [6.07, 6.45) is 2.10. The van der Waals surface area contributed by atoms with Crippen LogP contribution in [0.25, 0.3) is 0 Å². The smallest absolute Gasteiger partial charge is 0.133 e. The van der Waals surface area contributed by atoms with Crippen molar-refractivity contribution in [2.24, 2.45) is 5.92 Å². The number of benzene rings is 1. The molecule has 0 heterocycles. The molecular formula is C13H17ClO. The SMILES string of the molecule is CC(C)CC(=O)CCc1cccc(Cl)c1. The second-order valence-electron chi connectivity index (χ2n) is 4.27. The highest BCUT2D eigenvalue weighted by Gasteiger charge is 2.05. The Kier molecular flexibility index (Phi) is 4.83. The van der Waals surface area contributed by atoms with Crippen molar-refractivity contribution >= 4 is 17.4 Å². The molecule has 0 radical (unpaired) electrons. The maximum Gasteiger partial charge on any atom is 0.133 e. The van der Waals surface area contributed by atoms with Crippen molar-refractivity contribution in [1.29, 1.82) is 0 Å². The molecule has 0 bridgehead atoms. The van der Waals surface area contributed by atoms with Crippen LogP contribution in [0, 0.1) is 5.92 Å². The summed E-state index contributed by atoms with van der Waals surface area (Å²) < 4.78 is 0. The molecule has 1 aromatic rings. The van der Waals surface area contributed by atoms with E-state index in [2.05, 4.69) is 13.8 Å². The molecule has 0 N–H and O–H groups in total. The standard InChI is InChI=1S/C13H17ClO/c1-10(2)8-13(15)7-6-11-4-3-5-12(14)9-11/h3-5,9-10H,6-8H2,1-2H3. The lowest BCUT2D eigenvalue weighted by Crippen LogP contribution is -2.04. The van der Waals surface area contributed by atoms with Crippen molar-refractivity contribution in [2.45, 2.75) is 33.1 Å². The molecule has 0 atom stereocenters. The fourth-order valence-corrected chi connectivity index (χ4v) is 1.75. The number of ketones is 1. The first kappa shape index (κ1) is 12.3. The minimum Gasteiger partial charge on any atom is -0.300 e. The summed E-state index contributed by atoms with van der Waals surface area (Å²) in [7, 11) is 0. The Hall–Kier alpha value is -0.820. The number of aryl methyl sites for hydroxylation is 1. The Balaban J connectivity index is 2.40. The number of hydrogen-bond acceptors (Lipinski definition) is 1. The Morgan fingerprint density at radius 2 is 2.13 bits per heavy atom. The van der Waals surface area contributed by atoms with Crippen LogP contribution in [0.15, 0.2) is 24.3 Å². The topological polar surface area (TPSA) is 17.1 Å². The van der Waals surface area contributed by atoms with Gasteiger partial charge in [-0.1, -0.05) is 37.6 Å². The molecule has 15 heavy (non-hydrogen) atoms. The second-order valence-corrected chi connectivity index (χ2v) is 4.70. The monoisotopic (exact) mass is 224 g/mol. The summed E-state index contributed by atoms with van der Waals surface area (Å²) in [6, 6.07) is 7.70. The van der Waals surface area contributed by atoms with Crippen LogP contribution < -0.4 is 0 Å². The van der Waals surface area contributed by atoms with E-state index in [1.54, 1.807) is 0 Å². The van der Waals surface area contributed by atoms with Crippen LogP contribution >= 0.6 is 11.6 Å². The zero-order valence-corrected chi connectivity index (χ0v) is 10.1. The third-order valence-corrected chi connectivity index (χ3v) is 2.45. The highest BCUT2D eigenvalue weighted by molar-refractivity contribution is 6.30. The normalized spacial score (nSPS) is 10.7. The number of carbonyl (C=O) groups is 1. The van der Waals surface area contributed by atoms with Gasteiger partial charge in [0.05, 0.1) is 0 Å². The van der Waals surface area contributed by atoms with E-state index in [-0.39, 0.29) is 0 Å². The van der Waals surface area contributed by atoms with Crippen molar-refractivity contribution in [1.82, 2.24) is 0 Å². The van der Waals surface area contributed by atoms with Gasteiger partial charge in [0.2, 0.25) is 0 Å². The summed E-state index contributed by atoms with van der Waals surface area (Å²) in [4.78, 5) is 11.5. The summed E-state index contributed by atoms with van der Waals surface area (Å²) in [5.74, 6) is 0.793. The maximum atomic E-state index is 11.5. The number of halogens is 1. The van der Waals surface area contributed by atoms with E-state index < -0.39 is 0 Å². The molecule has 0 fully saturated rings. The average molecular weight is 225 g/mol. The fraction of sp³-hybridized carbons (Fsp3) is 0.462. The van der Waals surface area contributed by atoms with Gasteiger partial charge in [-0.05, 0) is 30.0 Å². The van der Waals surface area contributed by atoms with Crippen molar-refractivity contribution in [2.75, 3.05) is 0 Å². The summed E-state index contributed by atoms with van der Waals surface area (Å²) >= 11 is 5.86. The van der Waals surface area contributed by atoms with E-state index in [1.807, 2.05) is 24.3 Å². The third-order valence-electron chi connectivity index (χ3n) is 2.22. The molecule has 0 aliphatic carbocycles. The van der Waals surface area contributed by atoms with Crippen LogP contribution in [0.2, 0.25) is 5.02 Å². The highest BCUT2D eigenvalue weighted by atomic mass is 35.5. The minimum absolute atomic E-state index is 0.338. The number of rotatable bonds is 5. The van der Waals surface area contributed by atoms with Crippen LogP contribution in [0.5, 0.6) is 0 Å². The lowest BCUT2D eigenvalue weighted by Gasteiger charge is -2.04. The minimum atomic E-state index is 0.338. The first-order chi connectivity index (χ1) is 7.08. The molecule has 1 rings (SSSR count). The number of hydrogen-bond donors (Lipinski definition) is 0. The van der Waals surface area contributed by atoms with E-state index in [0.717, 1.165) is 17.0 Å². The number of Topliss-reactive ketones (excluding diaryl/α,β-unsaturated/α-hetero) is 1. The summed E-state index contributed by atoms with van der Waals surface area (Å²) in [5.41, 5.74) is 1.14. The van der Waals surface area contributed by atoms with E-state index in [1.165, 1.54) is 0 Å². The molecule has 0 saturated carbocycles. The Morgan fingerprint density at radius 1 is 1.40 bits per heavy atom. The second kappa shape index (κ2) is 5.92. The van der Waals surface area contributed by atoms with Crippen molar-refractivity contribution in [3.05, 3.63) is 34.9 Å². The van der Waals surface area contributed by atoms with Gasteiger partial charge < -0.3 is 0 Å². The Morgan fingerprint density at radius 3 is 2.73 bits per heavy atom. The van der Waals surface area contributed by atoms with Gasteiger partial charge >= 0.3 is 0 Å². The molecular weight excluding hydrogens is 208 g/mol. The van der Waals surface area contributed by atoms with Crippen LogP contribution in [0.3, 0.4) is 0 Å². The van der Waals surface area contributed by atoms with Crippen LogP contribution in [-0.4, -0.2) is 5.78 Å². The summed E-state index contributed by atoms with van der Waals surface area (Å²) in [5, 5.41) is 0.740. The molecule has 0 unspecified atom stereocenters. The lowest BCUT2D eigenvalue weighted by molar-refractivity contribution is -0.119. The fourth-order valence-electron chi connectivity index (χ4n) is 1.53. The molecule has 1 nitrogen and oxygen atoms in total. The van der Waals surface area contributed by atoms with Gasteiger partial charge in [-0.15, -0.1) is 0 Å². The molecule has 0 spiro atoms.